The maximum atomic E-state index is 11.2. The van der Waals surface area contributed by atoms with E-state index < -0.39 is 0 Å². The number of rotatable bonds is 3. The molecular formula is C9H15NO2. The number of carbonyl (C=O) groups excluding carboxylic acids is 1. The number of likely N-dealkylation sites (tertiary alicyclic amines) is 1. The first-order chi connectivity index (χ1) is 5.79. The van der Waals surface area contributed by atoms with Crippen molar-refractivity contribution in [2.75, 3.05) is 20.2 Å². The second kappa shape index (κ2) is 4.26. The lowest BCUT2D eigenvalue weighted by Crippen LogP contribution is -2.36. The fourth-order valence-corrected chi connectivity index (χ4v) is 1.61. The fraction of sp³-hybridized carbons (Fsp3) is 0.667. The minimum absolute atomic E-state index is 0.0343. The molecule has 3 heteroatoms. The van der Waals surface area contributed by atoms with E-state index in [1.807, 2.05) is 6.08 Å². The molecular weight excluding hydrogens is 154 g/mol. The Labute approximate surface area is 73.0 Å². The summed E-state index contributed by atoms with van der Waals surface area (Å²) in [5, 5.41) is 0. The largest absolute Gasteiger partial charge is 0.468 e. The van der Waals surface area contributed by atoms with Crippen LogP contribution in [0.1, 0.15) is 12.8 Å². The molecule has 0 aromatic heterocycles. The third kappa shape index (κ3) is 1.85. The summed E-state index contributed by atoms with van der Waals surface area (Å²) in [7, 11) is 1.44. The summed E-state index contributed by atoms with van der Waals surface area (Å²) < 4.78 is 4.70. The van der Waals surface area contributed by atoms with E-state index in [2.05, 4.69) is 11.5 Å². The lowest BCUT2D eigenvalue weighted by Gasteiger charge is -2.19. The van der Waals surface area contributed by atoms with Gasteiger partial charge in [-0.25, -0.2) is 0 Å². The van der Waals surface area contributed by atoms with Crippen LogP contribution in [0.3, 0.4) is 0 Å². The number of nitrogens with zero attached hydrogens (tertiary/aromatic N) is 1. The summed E-state index contributed by atoms with van der Waals surface area (Å²) in [5.41, 5.74) is 0. The van der Waals surface area contributed by atoms with Crippen molar-refractivity contribution in [3.63, 3.8) is 0 Å². The van der Waals surface area contributed by atoms with Gasteiger partial charge in [0, 0.05) is 6.54 Å². The van der Waals surface area contributed by atoms with Gasteiger partial charge in [-0.1, -0.05) is 6.08 Å². The number of hydrogen-bond acceptors (Lipinski definition) is 3. The van der Waals surface area contributed by atoms with Crippen molar-refractivity contribution in [3.05, 3.63) is 12.7 Å². The number of hydrogen-bond donors (Lipinski definition) is 0. The van der Waals surface area contributed by atoms with Crippen LogP contribution < -0.4 is 0 Å². The van der Waals surface area contributed by atoms with Gasteiger partial charge in [-0.15, -0.1) is 6.58 Å². The average molecular weight is 169 g/mol. The molecule has 0 aliphatic carbocycles. The Bertz CT molecular complexity index is 179. The molecule has 0 spiro atoms. The minimum Gasteiger partial charge on any atom is -0.468 e. The van der Waals surface area contributed by atoms with Crippen LogP contribution in [0.5, 0.6) is 0 Å². The Kier molecular flexibility index (Phi) is 3.29. The average Bonchev–Trinajstić information content (AvgIpc) is 2.52. The molecule has 0 aromatic carbocycles. The second-order valence-electron chi connectivity index (χ2n) is 2.96. The van der Waals surface area contributed by atoms with Gasteiger partial charge in [0.15, 0.2) is 0 Å². The zero-order chi connectivity index (χ0) is 8.97. The van der Waals surface area contributed by atoms with Crippen LogP contribution in [-0.2, 0) is 9.53 Å². The van der Waals surface area contributed by atoms with Crippen LogP contribution in [0.15, 0.2) is 12.7 Å². The summed E-state index contributed by atoms with van der Waals surface area (Å²) in [4.78, 5) is 13.3. The zero-order valence-electron chi connectivity index (χ0n) is 7.45. The number of carbonyl (C=O) groups is 1. The maximum absolute atomic E-state index is 11.2. The molecule has 0 amide bonds. The molecule has 1 fully saturated rings. The number of esters is 1. The Hall–Kier alpha value is -0.830. The predicted octanol–water partition coefficient (Wildman–Crippen LogP) is 0.810. The summed E-state index contributed by atoms with van der Waals surface area (Å²) >= 11 is 0. The third-order valence-electron chi connectivity index (χ3n) is 2.20. The fourth-order valence-electron chi connectivity index (χ4n) is 1.61. The molecule has 0 radical (unpaired) electrons. The molecule has 1 aliphatic rings. The molecule has 0 saturated carbocycles. The van der Waals surface area contributed by atoms with Gasteiger partial charge in [0.1, 0.15) is 6.04 Å². The minimum atomic E-state index is -0.116. The monoisotopic (exact) mass is 169 g/mol. The van der Waals surface area contributed by atoms with Crippen molar-refractivity contribution in [1.29, 1.82) is 0 Å². The van der Waals surface area contributed by atoms with E-state index in [1.165, 1.54) is 7.11 Å². The standard InChI is InChI=1S/C9H15NO2/c1-3-6-10-7-4-5-8(10)9(11)12-2/h3,8H,1,4-7H2,2H3/t8-/m0/s1. The first-order valence-corrected chi connectivity index (χ1v) is 4.22. The first kappa shape index (κ1) is 9.26. The lowest BCUT2D eigenvalue weighted by molar-refractivity contribution is -0.145. The highest BCUT2D eigenvalue weighted by molar-refractivity contribution is 5.75. The van der Waals surface area contributed by atoms with Crippen molar-refractivity contribution >= 4 is 5.97 Å². The molecule has 0 N–H and O–H groups in total. The van der Waals surface area contributed by atoms with E-state index in [0.717, 1.165) is 25.9 Å². The van der Waals surface area contributed by atoms with Crippen LogP contribution in [0.25, 0.3) is 0 Å². The van der Waals surface area contributed by atoms with Gasteiger partial charge in [-0.3, -0.25) is 9.69 Å². The zero-order valence-corrected chi connectivity index (χ0v) is 7.45. The van der Waals surface area contributed by atoms with E-state index in [4.69, 9.17) is 4.74 Å². The van der Waals surface area contributed by atoms with E-state index in [1.54, 1.807) is 0 Å². The van der Waals surface area contributed by atoms with Crippen LogP contribution in [0.4, 0.5) is 0 Å². The highest BCUT2D eigenvalue weighted by Crippen LogP contribution is 2.17. The summed E-state index contributed by atoms with van der Waals surface area (Å²) in [5.74, 6) is -0.116. The smallest absolute Gasteiger partial charge is 0.323 e. The normalized spacial score (nSPS) is 23.9. The van der Waals surface area contributed by atoms with Gasteiger partial charge in [0.2, 0.25) is 0 Å². The quantitative estimate of drug-likeness (QED) is 0.462. The summed E-state index contributed by atoms with van der Waals surface area (Å²) in [6, 6.07) is -0.0343. The first-order valence-electron chi connectivity index (χ1n) is 4.22. The topological polar surface area (TPSA) is 29.5 Å². The molecule has 12 heavy (non-hydrogen) atoms. The summed E-state index contributed by atoms with van der Waals surface area (Å²) in [6.45, 7) is 5.41. The van der Waals surface area contributed by atoms with Gasteiger partial charge in [-0.2, -0.15) is 0 Å². The Morgan fingerprint density at radius 1 is 1.83 bits per heavy atom. The second-order valence-corrected chi connectivity index (χ2v) is 2.96. The molecule has 1 rings (SSSR count). The highest BCUT2D eigenvalue weighted by Gasteiger charge is 2.30. The number of ether oxygens (including phenoxy) is 1. The molecule has 3 nitrogen and oxygen atoms in total. The van der Waals surface area contributed by atoms with Gasteiger partial charge in [0.05, 0.1) is 7.11 Å². The van der Waals surface area contributed by atoms with Crippen LogP contribution in [-0.4, -0.2) is 37.1 Å². The molecule has 0 aromatic rings. The highest BCUT2D eigenvalue weighted by atomic mass is 16.5. The molecule has 68 valence electrons. The van der Waals surface area contributed by atoms with Gasteiger partial charge in [0.25, 0.3) is 0 Å². The lowest BCUT2D eigenvalue weighted by atomic mass is 10.2. The molecule has 1 saturated heterocycles. The molecule has 0 unspecified atom stereocenters. The van der Waals surface area contributed by atoms with E-state index in [0.29, 0.717) is 0 Å². The molecule has 1 heterocycles. The summed E-state index contributed by atoms with van der Waals surface area (Å²) in [6.07, 6.45) is 3.81. The predicted molar refractivity (Wildman–Crippen MR) is 46.8 cm³/mol. The van der Waals surface area contributed by atoms with Crippen molar-refractivity contribution < 1.29 is 9.53 Å². The molecule has 1 atom stereocenters. The maximum Gasteiger partial charge on any atom is 0.323 e. The Morgan fingerprint density at radius 3 is 3.17 bits per heavy atom. The van der Waals surface area contributed by atoms with Crippen molar-refractivity contribution in [2.24, 2.45) is 0 Å². The van der Waals surface area contributed by atoms with Crippen LogP contribution in [0.2, 0.25) is 0 Å². The SMILES string of the molecule is C=CCN1CCC[C@H]1C(=O)OC. The Balaban J connectivity index is 2.50. The van der Waals surface area contributed by atoms with Gasteiger partial charge >= 0.3 is 5.97 Å². The van der Waals surface area contributed by atoms with Gasteiger partial charge < -0.3 is 4.74 Å². The van der Waals surface area contributed by atoms with E-state index in [9.17, 15) is 4.79 Å². The van der Waals surface area contributed by atoms with Crippen LogP contribution >= 0.6 is 0 Å². The van der Waals surface area contributed by atoms with E-state index >= 15 is 0 Å². The van der Waals surface area contributed by atoms with Crippen LogP contribution in [0, 0.1) is 0 Å². The molecule has 1 aliphatic heterocycles. The van der Waals surface area contributed by atoms with Gasteiger partial charge in [-0.05, 0) is 19.4 Å². The van der Waals surface area contributed by atoms with Crippen molar-refractivity contribution in [3.8, 4) is 0 Å². The van der Waals surface area contributed by atoms with Crippen molar-refractivity contribution in [2.45, 2.75) is 18.9 Å². The molecule has 0 bridgehead atoms. The van der Waals surface area contributed by atoms with Crippen molar-refractivity contribution in [1.82, 2.24) is 4.90 Å². The van der Waals surface area contributed by atoms with E-state index in [-0.39, 0.29) is 12.0 Å². The number of methoxy groups -OCH3 is 1. The third-order valence-corrected chi connectivity index (χ3v) is 2.20. The Morgan fingerprint density at radius 2 is 2.58 bits per heavy atom.